The second-order valence-corrected chi connectivity index (χ2v) is 5.95. The molecule has 0 saturated heterocycles. The van der Waals surface area contributed by atoms with Crippen molar-refractivity contribution in [3.63, 3.8) is 0 Å². The van der Waals surface area contributed by atoms with Gasteiger partial charge in [-0.25, -0.2) is 0 Å². The number of hydrogen-bond acceptors (Lipinski definition) is 3. The number of thiocarbonyl (C=S) groups is 1. The molecule has 0 amide bonds. The smallest absolute Gasteiger partial charge is 0.171 e. The standard InChI is InChI=1S/C18H20N2O2S/c1-12-5-3-4-6-15(12)20-18(23)19-13(2)14-7-8-16-17(11-14)22-10-9-21-16/h3-8,11,13H,9-10H2,1-2H3,(H2,19,20,23)/t13-/m0/s1. The summed E-state index contributed by atoms with van der Waals surface area (Å²) in [4.78, 5) is 0. The highest BCUT2D eigenvalue weighted by Crippen LogP contribution is 2.32. The zero-order valence-electron chi connectivity index (χ0n) is 13.3. The molecule has 1 atom stereocenters. The normalized spacial score (nSPS) is 14.0. The molecular weight excluding hydrogens is 308 g/mol. The van der Waals surface area contributed by atoms with Crippen molar-refractivity contribution in [1.29, 1.82) is 0 Å². The second-order valence-electron chi connectivity index (χ2n) is 5.54. The van der Waals surface area contributed by atoms with Crippen LogP contribution in [0.2, 0.25) is 0 Å². The average Bonchev–Trinajstić information content (AvgIpc) is 2.56. The molecule has 0 aromatic heterocycles. The predicted octanol–water partition coefficient (Wildman–Crippen LogP) is 3.81. The first kappa shape index (κ1) is 15.6. The molecule has 2 aromatic carbocycles. The fourth-order valence-corrected chi connectivity index (χ4v) is 2.77. The van der Waals surface area contributed by atoms with Gasteiger partial charge in [-0.3, -0.25) is 0 Å². The Kier molecular flexibility index (Phi) is 4.67. The van der Waals surface area contributed by atoms with Gasteiger partial charge in [0.25, 0.3) is 0 Å². The summed E-state index contributed by atoms with van der Waals surface area (Å²) in [6.45, 7) is 5.31. The summed E-state index contributed by atoms with van der Waals surface area (Å²) in [5.41, 5.74) is 3.27. The molecule has 1 heterocycles. The first-order valence-corrected chi connectivity index (χ1v) is 8.07. The van der Waals surface area contributed by atoms with Gasteiger partial charge in [-0.05, 0) is 55.4 Å². The Bertz CT molecular complexity index is 718. The lowest BCUT2D eigenvalue weighted by atomic mass is 10.1. The maximum absolute atomic E-state index is 5.63. The number of anilines is 1. The van der Waals surface area contributed by atoms with Crippen LogP contribution in [0.4, 0.5) is 5.69 Å². The van der Waals surface area contributed by atoms with Gasteiger partial charge >= 0.3 is 0 Å². The molecule has 0 saturated carbocycles. The van der Waals surface area contributed by atoms with Gasteiger partial charge in [0.2, 0.25) is 0 Å². The molecule has 3 rings (SSSR count). The highest BCUT2D eigenvalue weighted by Gasteiger charge is 2.15. The van der Waals surface area contributed by atoms with Gasteiger partial charge < -0.3 is 20.1 Å². The topological polar surface area (TPSA) is 42.5 Å². The Morgan fingerprint density at radius 2 is 1.83 bits per heavy atom. The van der Waals surface area contributed by atoms with Gasteiger partial charge in [0.05, 0.1) is 6.04 Å². The van der Waals surface area contributed by atoms with Crippen LogP contribution < -0.4 is 20.1 Å². The van der Waals surface area contributed by atoms with E-state index in [0.29, 0.717) is 18.3 Å². The van der Waals surface area contributed by atoms with Gasteiger partial charge in [-0.15, -0.1) is 0 Å². The van der Waals surface area contributed by atoms with Gasteiger partial charge in [0, 0.05) is 5.69 Å². The van der Waals surface area contributed by atoms with Crippen molar-refractivity contribution in [3.05, 3.63) is 53.6 Å². The van der Waals surface area contributed by atoms with E-state index in [1.54, 1.807) is 0 Å². The molecule has 1 aliphatic rings. The summed E-state index contributed by atoms with van der Waals surface area (Å²) < 4.78 is 11.2. The van der Waals surface area contributed by atoms with Crippen LogP contribution in [0.25, 0.3) is 0 Å². The van der Waals surface area contributed by atoms with Gasteiger partial charge in [0.1, 0.15) is 13.2 Å². The lowest BCUT2D eigenvalue weighted by Crippen LogP contribution is -2.31. The zero-order valence-corrected chi connectivity index (χ0v) is 14.1. The molecular formula is C18H20N2O2S. The molecule has 120 valence electrons. The first-order valence-electron chi connectivity index (χ1n) is 7.66. The third kappa shape index (κ3) is 3.74. The molecule has 2 aromatic rings. The Morgan fingerprint density at radius 1 is 1.09 bits per heavy atom. The number of benzene rings is 2. The molecule has 0 spiro atoms. The number of para-hydroxylation sites is 1. The van der Waals surface area contributed by atoms with Crippen molar-refractivity contribution < 1.29 is 9.47 Å². The van der Waals surface area contributed by atoms with Crippen LogP contribution >= 0.6 is 12.2 Å². The van der Waals surface area contributed by atoms with Crippen LogP contribution in [0.3, 0.4) is 0 Å². The van der Waals surface area contributed by atoms with Crippen LogP contribution in [-0.2, 0) is 0 Å². The van der Waals surface area contributed by atoms with Crippen LogP contribution in [0.1, 0.15) is 24.1 Å². The van der Waals surface area contributed by atoms with Crippen molar-refractivity contribution in [2.75, 3.05) is 18.5 Å². The van der Waals surface area contributed by atoms with Gasteiger partial charge in [-0.2, -0.15) is 0 Å². The maximum atomic E-state index is 5.63. The van der Waals surface area contributed by atoms with E-state index >= 15 is 0 Å². The quantitative estimate of drug-likeness (QED) is 0.839. The Morgan fingerprint density at radius 3 is 2.61 bits per heavy atom. The van der Waals surface area contributed by atoms with E-state index in [1.165, 1.54) is 0 Å². The minimum atomic E-state index is 0.0647. The number of ether oxygens (including phenoxy) is 2. The zero-order chi connectivity index (χ0) is 16.2. The van der Waals surface area contributed by atoms with E-state index in [9.17, 15) is 0 Å². The second kappa shape index (κ2) is 6.87. The minimum absolute atomic E-state index is 0.0647. The largest absolute Gasteiger partial charge is 0.486 e. The van der Waals surface area contributed by atoms with Crippen molar-refractivity contribution in [2.45, 2.75) is 19.9 Å². The van der Waals surface area contributed by atoms with Gasteiger partial charge in [-0.1, -0.05) is 24.3 Å². The maximum Gasteiger partial charge on any atom is 0.171 e. The molecule has 23 heavy (non-hydrogen) atoms. The van der Waals surface area contributed by atoms with Crippen LogP contribution in [-0.4, -0.2) is 18.3 Å². The molecule has 0 aliphatic carbocycles. The highest BCUT2D eigenvalue weighted by atomic mass is 32.1. The third-order valence-corrected chi connectivity index (χ3v) is 4.03. The molecule has 0 fully saturated rings. The van der Waals surface area contributed by atoms with Crippen LogP contribution in [0.15, 0.2) is 42.5 Å². The number of aryl methyl sites for hydroxylation is 1. The van der Waals surface area contributed by atoms with Gasteiger partial charge in [0.15, 0.2) is 16.6 Å². The highest BCUT2D eigenvalue weighted by molar-refractivity contribution is 7.80. The van der Waals surface area contributed by atoms with E-state index < -0.39 is 0 Å². The lowest BCUT2D eigenvalue weighted by Gasteiger charge is -2.22. The molecule has 1 aliphatic heterocycles. The minimum Gasteiger partial charge on any atom is -0.486 e. The fraction of sp³-hybridized carbons (Fsp3) is 0.278. The summed E-state index contributed by atoms with van der Waals surface area (Å²) >= 11 is 5.41. The first-order chi connectivity index (χ1) is 11.1. The molecule has 5 heteroatoms. The monoisotopic (exact) mass is 328 g/mol. The summed E-state index contributed by atoms with van der Waals surface area (Å²) in [5.74, 6) is 1.59. The Labute approximate surface area is 141 Å². The SMILES string of the molecule is Cc1ccccc1NC(=S)N[C@@H](C)c1ccc2c(c1)OCCO2. The number of rotatable bonds is 3. The van der Waals surface area contributed by atoms with Crippen molar-refractivity contribution in [1.82, 2.24) is 5.32 Å². The molecule has 0 radical (unpaired) electrons. The van der Waals surface area contributed by atoms with E-state index in [-0.39, 0.29) is 6.04 Å². The Hall–Kier alpha value is -2.27. The third-order valence-electron chi connectivity index (χ3n) is 3.81. The molecule has 0 unspecified atom stereocenters. The predicted molar refractivity (Wildman–Crippen MR) is 96.4 cm³/mol. The lowest BCUT2D eigenvalue weighted by molar-refractivity contribution is 0.171. The van der Waals surface area contributed by atoms with Crippen LogP contribution in [0.5, 0.6) is 11.5 Å². The fourth-order valence-electron chi connectivity index (χ4n) is 2.48. The van der Waals surface area contributed by atoms with Crippen molar-refractivity contribution >= 4 is 23.0 Å². The average molecular weight is 328 g/mol. The van der Waals surface area contributed by atoms with Crippen LogP contribution in [0, 0.1) is 6.92 Å². The Balaban J connectivity index is 1.65. The van der Waals surface area contributed by atoms with E-state index in [0.717, 1.165) is 28.3 Å². The molecule has 2 N–H and O–H groups in total. The number of fused-ring (bicyclic) bond motifs is 1. The van der Waals surface area contributed by atoms with Crippen molar-refractivity contribution in [3.8, 4) is 11.5 Å². The molecule has 4 nitrogen and oxygen atoms in total. The summed E-state index contributed by atoms with van der Waals surface area (Å²) in [6, 6.07) is 14.1. The van der Waals surface area contributed by atoms with Crippen molar-refractivity contribution in [2.24, 2.45) is 0 Å². The molecule has 0 bridgehead atoms. The summed E-state index contributed by atoms with van der Waals surface area (Å²) in [5, 5.41) is 7.14. The van der Waals surface area contributed by atoms with E-state index in [1.807, 2.05) is 36.4 Å². The summed E-state index contributed by atoms with van der Waals surface area (Å²) in [6.07, 6.45) is 0. The number of hydrogen-bond donors (Lipinski definition) is 2. The number of nitrogens with one attached hydrogen (secondary N) is 2. The van der Waals surface area contributed by atoms with E-state index in [2.05, 4.69) is 30.5 Å². The summed E-state index contributed by atoms with van der Waals surface area (Å²) in [7, 11) is 0. The van der Waals surface area contributed by atoms with E-state index in [4.69, 9.17) is 21.7 Å².